The average Bonchev–Trinajstić information content (AvgIpc) is 2.13. The van der Waals surface area contributed by atoms with E-state index in [9.17, 15) is 10.1 Å². The summed E-state index contributed by atoms with van der Waals surface area (Å²) in [6.45, 7) is 5.29. The molecule has 0 bridgehead atoms. The maximum absolute atomic E-state index is 10.5. The van der Waals surface area contributed by atoms with Gasteiger partial charge in [0.1, 0.15) is 17.1 Å². The Labute approximate surface area is 93.5 Å². The lowest BCUT2D eigenvalue weighted by Crippen LogP contribution is -2.07. The Morgan fingerprint density at radius 1 is 1.73 bits per heavy atom. The average molecular weight is 232 g/mol. The minimum Gasteiger partial charge on any atom is -0.394 e. The fraction of sp³-hybridized carbons (Fsp3) is 0.444. The number of hydrogen-bond acceptors (Lipinski definition) is 4. The summed E-state index contributed by atoms with van der Waals surface area (Å²) in [6, 6.07) is 0. The molecule has 0 amide bonds. The molecule has 0 aromatic heterocycles. The molecule has 0 atom stereocenters. The number of nitrogens with zero attached hydrogens (tertiary/aromatic N) is 2. The first-order chi connectivity index (χ1) is 6.99. The summed E-state index contributed by atoms with van der Waals surface area (Å²) in [5.41, 5.74) is 4.74. The monoisotopic (exact) mass is 231 g/mol. The van der Waals surface area contributed by atoms with E-state index in [1.165, 1.54) is 0 Å². The van der Waals surface area contributed by atoms with Crippen LogP contribution in [0, 0.1) is 10.1 Å². The van der Waals surface area contributed by atoms with Gasteiger partial charge in [-0.15, -0.1) is 0 Å². The second-order valence-corrected chi connectivity index (χ2v) is 3.34. The molecule has 0 rings (SSSR count). The second-order valence-electron chi connectivity index (χ2n) is 2.91. The highest BCUT2D eigenvalue weighted by molar-refractivity contribution is 6.65. The van der Waals surface area contributed by atoms with E-state index in [0.717, 1.165) is 19.0 Å². The molecule has 0 saturated heterocycles. The molecule has 0 aromatic carbocycles. The van der Waals surface area contributed by atoms with E-state index in [0.29, 0.717) is 11.6 Å². The Morgan fingerprint density at radius 2 is 2.33 bits per heavy atom. The predicted octanol–water partition coefficient (Wildman–Crippen LogP) is 2.40. The lowest BCUT2D eigenvalue weighted by Gasteiger charge is -1.95. The van der Waals surface area contributed by atoms with Gasteiger partial charge in [-0.2, -0.15) is 0 Å². The summed E-state index contributed by atoms with van der Waals surface area (Å²) in [5.74, 6) is 0. The first kappa shape index (κ1) is 13.6. The molecule has 0 fully saturated rings. The molecule has 0 spiro atoms. The van der Waals surface area contributed by atoms with Crippen LogP contribution in [0.15, 0.2) is 29.2 Å². The molecule has 0 aliphatic rings. The fourth-order valence-electron chi connectivity index (χ4n) is 0.766. The van der Waals surface area contributed by atoms with Gasteiger partial charge in [0.15, 0.2) is 0 Å². The van der Waals surface area contributed by atoms with Crippen molar-refractivity contribution in [2.75, 3.05) is 0 Å². The highest BCUT2D eigenvalue weighted by atomic mass is 35.5. The van der Waals surface area contributed by atoms with Crippen molar-refractivity contribution in [3.63, 3.8) is 0 Å². The molecule has 0 aliphatic carbocycles. The van der Waals surface area contributed by atoms with Crippen LogP contribution >= 0.6 is 11.6 Å². The van der Waals surface area contributed by atoms with Crippen molar-refractivity contribution in [1.82, 2.24) is 0 Å². The van der Waals surface area contributed by atoms with Crippen LogP contribution in [0.4, 0.5) is 0 Å². The van der Waals surface area contributed by atoms with E-state index < -0.39 is 4.92 Å². The van der Waals surface area contributed by atoms with E-state index in [2.05, 4.69) is 11.6 Å². The zero-order valence-electron chi connectivity index (χ0n) is 8.57. The first-order valence-electron chi connectivity index (χ1n) is 4.50. The summed E-state index contributed by atoms with van der Waals surface area (Å²) in [6.07, 6.45) is 3.52. The zero-order chi connectivity index (χ0) is 11.8. The van der Waals surface area contributed by atoms with Crippen LogP contribution in [0.3, 0.4) is 0 Å². The van der Waals surface area contributed by atoms with Gasteiger partial charge in [0, 0.05) is 6.42 Å². The van der Waals surface area contributed by atoms with E-state index in [1.807, 2.05) is 6.92 Å². The van der Waals surface area contributed by atoms with Gasteiger partial charge in [-0.25, -0.2) is 4.99 Å². The number of aliphatic imine (C=N–C) groups is 1. The minimum absolute atomic E-state index is 0.135. The number of nitrogens with two attached hydrogens (primary N) is 1. The van der Waals surface area contributed by atoms with E-state index in [1.54, 1.807) is 0 Å². The van der Waals surface area contributed by atoms with Crippen molar-refractivity contribution in [1.29, 1.82) is 0 Å². The highest BCUT2D eigenvalue weighted by Crippen LogP contribution is 2.06. The lowest BCUT2D eigenvalue weighted by atomic mass is 10.3. The molecule has 2 N–H and O–H groups in total. The van der Waals surface area contributed by atoms with Gasteiger partial charge < -0.3 is 5.73 Å². The van der Waals surface area contributed by atoms with Crippen LogP contribution in [-0.4, -0.2) is 10.1 Å². The summed E-state index contributed by atoms with van der Waals surface area (Å²) >= 11 is 5.73. The van der Waals surface area contributed by atoms with Crippen LogP contribution in [-0.2, 0) is 0 Å². The number of rotatable bonds is 6. The summed E-state index contributed by atoms with van der Waals surface area (Å²) in [4.78, 5) is 13.6. The molecule has 0 radical (unpaired) electrons. The fourth-order valence-corrected chi connectivity index (χ4v) is 0.948. The van der Waals surface area contributed by atoms with Gasteiger partial charge in [0.2, 0.25) is 0 Å². The first-order valence-corrected chi connectivity index (χ1v) is 4.88. The van der Waals surface area contributed by atoms with Gasteiger partial charge in [-0.05, 0) is 6.42 Å². The molecule has 0 unspecified atom stereocenters. The lowest BCUT2D eigenvalue weighted by molar-refractivity contribution is -0.421. The molecule has 0 aromatic rings. The van der Waals surface area contributed by atoms with Gasteiger partial charge >= 0.3 is 5.70 Å². The largest absolute Gasteiger partial charge is 0.394 e. The SMILES string of the molecule is C=C(N)/C(=C\N=C(\Cl)CCCC)[N+](=O)[O-]. The minimum atomic E-state index is -0.643. The molecular formula is C9H14ClN3O2. The molecule has 5 nitrogen and oxygen atoms in total. The van der Waals surface area contributed by atoms with Crippen LogP contribution < -0.4 is 5.73 Å². The topological polar surface area (TPSA) is 81.5 Å². The van der Waals surface area contributed by atoms with Crippen molar-refractivity contribution in [2.45, 2.75) is 26.2 Å². The van der Waals surface area contributed by atoms with E-state index in [4.69, 9.17) is 17.3 Å². The van der Waals surface area contributed by atoms with E-state index in [-0.39, 0.29) is 11.4 Å². The Hall–Kier alpha value is -1.36. The van der Waals surface area contributed by atoms with Crippen molar-refractivity contribution in [3.05, 3.63) is 34.3 Å². The standard InChI is InChI=1S/C9H14ClN3O2/c1-3-4-5-9(10)12-6-8(7(2)11)13(14)15/h6H,2-5,11H2,1H3/b8-6+,12-9+. The molecule has 0 heterocycles. The highest BCUT2D eigenvalue weighted by Gasteiger charge is 2.11. The molecule has 84 valence electrons. The molecular weight excluding hydrogens is 218 g/mol. The quantitative estimate of drug-likeness (QED) is 0.330. The van der Waals surface area contributed by atoms with Gasteiger partial charge in [-0.3, -0.25) is 10.1 Å². The maximum atomic E-state index is 10.5. The summed E-state index contributed by atoms with van der Waals surface area (Å²) < 4.78 is 0. The molecule has 15 heavy (non-hydrogen) atoms. The van der Waals surface area contributed by atoms with Gasteiger partial charge in [0.25, 0.3) is 0 Å². The van der Waals surface area contributed by atoms with Gasteiger partial charge in [-0.1, -0.05) is 31.5 Å². The van der Waals surface area contributed by atoms with Crippen LogP contribution in [0.5, 0.6) is 0 Å². The Bertz CT molecular complexity index is 294. The van der Waals surface area contributed by atoms with Crippen molar-refractivity contribution >= 4 is 16.8 Å². The van der Waals surface area contributed by atoms with Crippen molar-refractivity contribution < 1.29 is 4.92 Å². The van der Waals surface area contributed by atoms with Crippen LogP contribution in [0.2, 0.25) is 0 Å². The van der Waals surface area contributed by atoms with E-state index >= 15 is 0 Å². The Kier molecular flexibility index (Phi) is 6.37. The number of halogens is 1. The summed E-state index contributed by atoms with van der Waals surface area (Å²) in [7, 11) is 0. The van der Waals surface area contributed by atoms with Crippen LogP contribution in [0.25, 0.3) is 0 Å². The van der Waals surface area contributed by atoms with Gasteiger partial charge in [0.05, 0.1) is 4.92 Å². The van der Waals surface area contributed by atoms with Crippen molar-refractivity contribution in [3.8, 4) is 0 Å². The molecule has 0 saturated carbocycles. The Balaban J connectivity index is 4.57. The number of nitro groups is 1. The smallest absolute Gasteiger partial charge is 0.309 e. The number of hydrogen-bond donors (Lipinski definition) is 1. The third kappa shape index (κ3) is 5.85. The predicted molar refractivity (Wildman–Crippen MR) is 61.2 cm³/mol. The zero-order valence-corrected chi connectivity index (χ0v) is 9.33. The Morgan fingerprint density at radius 3 is 2.73 bits per heavy atom. The van der Waals surface area contributed by atoms with Crippen molar-refractivity contribution in [2.24, 2.45) is 10.7 Å². The molecule has 6 heteroatoms. The maximum Gasteiger partial charge on any atom is 0.309 e. The third-order valence-corrected chi connectivity index (χ3v) is 1.88. The number of unbranched alkanes of at least 4 members (excludes halogenated alkanes) is 1. The molecule has 0 aliphatic heterocycles. The third-order valence-electron chi connectivity index (χ3n) is 1.59. The normalized spacial score (nSPS) is 12.7. The summed E-state index contributed by atoms with van der Waals surface area (Å²) in [5, 5.41) is 10.8. The van der Waals surface area contributed by atoms with Crippen LogP contribution in [0.1, 0.15) is 26.2 Å². The second kappa shape index (κ2) is 7.00.